The predicted octanol–water partition coefficient (Wildman–Crippen LogP) is 2.33. The molecule has 0 aromatic heterocycles. The number of carbonyl (C=O) groups is 1. The number of sulfonamides is 1. The fraction of sp³-hybridized carbons (Fsp3) is 0.316. The number of hydrogen-bond acceptors (Lipinski definition) is 7. The average Bonchev–Trinajstić information content (AvgIpc) is 2.73. The highest BCUT2D eigenvalue weighted by Crippen LogP contribution is 2.37. The van der Waals surface area contributed by atoms with Crippen molar-refractivity contribution in [1.82, 2.24) is 9.79 Å². The second-order valence-corrected chi connectivity index (χ2v) is 12.4. The fourth-order valence-corrected chi connectivity index (χ4v) is 7.07. The predicted molar refractivity (Wildman–Crippen MR) is 120 cm³/mol. The van der Waals surface area contributed by atoms with E-state index in [-0.39, 0.29) is 43.2 Å². The first-order valence-corrected chi connectivity index (χ1v) is 13.2. The van der Waals surface area contributed by atoms with E-state index in [0.29, 0.717) is 0 Å². The third-order valence-corrected chi connectivity index (χ3v) is 9.98. The van der Waals surface area contributed by atoms with Gasteiger partial charge in [-0.3, -0.25) is 10.0 Å². The highest BCUT2D eigenvalue weighted by atomic mass is 35.5. The number of sulfone groups is 1. The molecule has 0 radical (unpaired) electrons. The number of halogens is 1. The molecular formula is C19H23ClN2O6S3. The van der Waals surface area contributed by atoms with E-state index in [1.54, 1.807) is 12.1 Å². The molecule has 1 heterocycles. The van der Waals surface area contributed by atoms with Crippen LogP contribution in [0, 0.1) is 0 Å². The number of amides is 1. The van der Waals surface area contributed by atoms with Crippen molar-refractivity contribution in [2.24, 2.45) is 0 Å². The molecule has 0 saturated carbocycles. The molecule has 0 aliphatic carbocycles. The van der Waals surface area contributed by atoms with Gasteiger partial charge in [-0.05, 0) is 49.2 Å². The highest BCUT2D eigenvalue weighted by Gasteiger charge is 2.53. The topological polar surface area (TPSA) is 121 Å². The van der Waals surface area contributed by atoms with Crippen LogP contribution in [0.15, 0.2) is 69.3 Å². The Bertz CT molecular complexity index is 1110. The first kappa shape index (κ1) is 25.6. The summed E-state index contributed by atoms with van der Waals surface area (Å²) in [5.41, 5.74) is 1.46. The molecule has 31 heavy (non-hydrogen) atoms. The van der Waals surface area contributed by atoms with Gasteiger partial charge in [-0.25, -0.2) is 26.6 Å². The lowest BCUT2D eigenvalue weighted by Gasteiger charge is -2.38. The molecule has 1 saturated heterocycles. The smallest absolute Gasteiger partial charge is 0.265 e. The van der Waals surface area contributed by atoms with Gasteiger partial charge in [0.1, 0.15) is 0 Å². The molecule has 2 aromatic carbocycles. The molecule has 2 aromatic rings. The fourth-order valence-electron chi connectivity index (χ4n) is 3.44. The summed E-state index contributed by atoms with van der Waals surface area (Å²) < 4.78 is 49.5. The average molecular weight is 507 g/mol. The molecule has 3 rings (SSSR count). The Morgan fingerprint density at radius 1 is 0.968 bits per heavy atom. The molecular weight excluding hydrogens is 484 g/mol. The van der Waals surface area contributed by atoms with Crippen molar-refractivity contribution in [2.75, 3.05) is 19.3 Å². The number of rotatable bonds is 6. The van der Waals surface area contributed by atoms with Crippen molar-refractivity contribution in [2.45, 2.75) is 32.3 Å². The van der Waals surface area contributed by atoms with Crippen LogP contribution in [-0.4, -0.2) is 56.3 Å². The number of nitrogens with zero attached hydrogens (tertiary/aromatic N) is 1. The van der Waals surface area contributed by atoms with Crippen molar-refractivity contribution in [3.63, 3.8) is 0 Å². The maximum atomic E-state index is 13.4. The number of nitrogens with one attached hydrogen (secondary N) is 1. The van der Waals surface area contributed by atoms with E-state index >= 15 is 0 Å². The van der Waals surface area contributed by atoms with Gasteiger partial charge < -0.3 is 0 Å². The van der Waals surface area contributed by atoms with Gasteiger partial charge in [0.25, 0.3) is 5.91 Å². The van der Waals surface area contributed by atoms with E-state index in [9.17, 15) is 26.8 Å². The summed E-state index contributed by atoms with van der Waals surface area (Å²) in [4.78, 5) is 14.2. The Kier molecular flexibility index (Phi) is 8.17. The van der Waals surface area contributed by atoms with Gasteiger partial charge in [0, 0.05) is 22.9 Å². The maximum absolute atomic E-state index is 13.4. The lowest BCUT2D eigenvalue weighted by Crippen LogP contribution is -2.58. The summed E-state index contributed by atoms with van der Waals surface area (Å²) in [5, 5.41) is 9.20. The number of carbonyl (C=O) groups excluding carboxylic acids is 1. The zero-order chi connectivity index (χ0) is 22.0. The Morgan fingerprint density at radius 2 is 1.48 bits per heavy atom. The normalized spacial score (nSPS) is 16.8. The Labute approximate surface area is 192 Å². The van der Waals surface area contributed by atoms with Crippen molar-refractivity contribution in [3.8, 4) is 0 Å². The highest BCUT2D eigenvalue weighted by molar-refractivity contribution is 7.99. The van der Waals surface area contributed by atoms with Crippen molar-refractivity contribution < 1.29 is 26.8 Å². The quantitative estimate of drug-likeness (QED) is 0.455. The molecule has 170 valence electrons. The van der Waals surface area contributed by atoms with Gasteiger partial charge in [-0.1, -0.05) is 30.0 Å². The standard InChI is InChI=1S/C19H22N2O6S3.ClH/c1-29(24,25)21-13-11-19(12-14-21,18(22)20-23)30(26,27)17-9-7-16(8-10-17)28-15-5-3-2-4-6-15;/h2-10,23H,11-14H2,1H3,(H,20,22);1H. The van der Waals surface area contributed by atoms with Crippen molar-refractivity contribution >= 4 is 49.9 Å². The van der Waals surface area contributed by atoms with Gasteiger partial charge in [0.15, 0.2) is 14.6 Å². The molecule has 0 atom stereocenters. The van der Waals surface area contributed by atoms with Crippen molar-refractivity contribution in [1.29, 1.82) is 0 Å². The number of benzene rings is 2. The summed E-state index contributed by atoms with van der Waals surface area (Å²) in [6.45, 7) is -0.263. The van der Waals surface area contributed by atoms with Crippen LogP contribution in [0.1, 0.15) is 12.8 Å². The minimum Gasteiger partial charge on any atom is -0.289 e. The first-order chi connectivity index (χ1) is 14.1. The number of hydrogen-bond donors (Lipinski definition) is 2. The van der Waals surface area contributed by atoms with Crippen LogP contribution in [0.3, 0.4) is 0 Å². The molecule has 12 heteroatoms. The number of piperidine rings is 1. The largest absolute Gasteiger partial charge is 0.289 e. The number of hydroxylamine groups is 1. The van der Waals surface area contributed by atoms with Crippen LogP contribution in [0.2, 0.25) is 0 Å². The van der Waals surface area contributed by atoms with E-state index in [1.165, 1.54) is 29.4 Å². The SMILES string of the molecule is CS(=O)(=O)N1CCC(C(=O)NO)(S(=O)(=O)c2ccc(Sc3ccccc3)cc2)CC1.Cl. The zero-order valence-corrected chi connectivity index (χ0v) is 19.9. The van der Waals surface area contributed by atoms with Gasteiger partial charge in [0.2, 0.25) is 10.0 Å². The Morgan fingerprint density at radius 3 is 1.97 bits per heavy atom. The van der Waals surface area contributed by atoms with E-state index in [1.807, 2.05) is 30.3 Å². The summed E-state index contributed by atoms with van der Waals surface area (Å²) in [7, 11) is -7.71. The van der Waals surface area contributed by atoms with Crippen LogP contribution in [-0.2, 0) is 24.7 Å². The Hall–Kier alpha value is -1.63. The summed E-state index contributed by atoms with van der Waals surface area (Å²) in [5.74, 6) is -1.06. The Balaban J connectivity index is 0.00000341. The van der Waals surface area contributed by atoms with Crippen LogP contribution in [0.5, 0.6) is 0 Å². The van der Waals surface area contributed by atoms with Crippen molar-refractivity contribution in [3.05, 3.63) is 54.6 Å². The molecule has 1 amide bonds. The van der Waals surface area contributed by atoms with Gasteiger partial charge in [-0.15, -0.1) is 12.4 Å². The van der Waals surface area contributed by atoms with E-state index < -0.39 is 30.5 Å². The zero-order valence-electron chi connectivity index (χ0n) is 16.6. The van der Waals surface area contributed by atoms with Gasteiger partial charge in [0.05, 0.1) is 11.2 Å². The molecule has 0 spiro atoms. The summed E-state index contributed by atoms with van der Waals surface area (Å²) >= 11 is 1.47. The molecule has 2 N–H and O–H groups in total. The van der Waals surface area contributed by atoms with Gasteiger partial charge in [-0.2, -0.15) is 0 Å². The molecule has 0 bridgehead atoms. The molecule has 1 aliphatic heterocycles. The summed E-state index contributed by atoms with van der Waals surface area (Å²) in [6.07, 6.45) is 0.522. The van der Waals surface area contributed by atoms with E-state index in [2.05, 4.69) is 0 Å². The molecule has 8 nitrogen and oxygen atoms in total. The third-order valence-electron chi connectivity index (χ3n) is 5.14. The second-order valence-electron chi connectivity index (χ2n) is 6.99. The van der Waals surface area contributed by atoms with E-state index in [0.717, 1.165) is 20.4 Å². The minimum absolute atomic E-state index is 0. The second kappa shape index (κ2) is 9.88. The molecule has 1 aliphatic rings. The third kappa shape index (κ3) is 5.24. The first-order valence-electron chi connectivity index (χ1n) is 9.07. The minimum atomic E-state index is -4.20. The summed E-state index contributed by atoms with van der Waals surface area (Å²) in [6, 6.07) is 15.7. The molecule has 1 fully saturated rings. The lowest BCUT2D eigenvalue weighted by molar-refractivity contribution is -0.133. The maximum Gasteiger partial charge on any atom is 0.265 e. The van der Waals surface area contributed by atoms with Crippen LogP contribution in [0.4, 0.5) is 0 Å². The van der Waals surface area contributed by atoms with E-state index in [4.69, 9.17) is 0 Å². The van der Waals surface area contributed by atoms with Gasteiger partial charge >= 0.3 is 0 Å². The lowest BCUT2D eigenvalue weighted by atomic mass is 9.96. The van der Waals surface area contributed by atoms with Crippen LogP contribution in [0.25, 0.3) is 0 Å². The van der Waals surface area contributed by atoms with Crippen LogP contribution < -0.4 is 5.48 Å². The van der Waals surface area contributed by atoms with Crippen LogP contribution >= 0.6 is 24.2 Å². The monoisotopic (exact) mass is 506 g/mol. The molecule has 0 unspecified atom stereocenters.